The first-order valence-electron chi connectivity index (χ1n) is 5.57. The Kier molecular flexibility index (Phi) is 3.47. The Morgan fingerprint density at radius 2 is 2.28 bits per heavy atom. The summed E-state index contributed by atoms with van der Waals surface area (Å²) in [6, 6.07) is 6.79. The molecule has 0 spiro atoms. The van der Waals surface area contributed by atoms with E-state index in [1.807, 2.05) is 12.3 Å². The maximum Gasteiger partial charge on any atom is 0.248 e. The zero-order valence-electron chi connectivity index (χ0n) is 9.84. The van der Waals surface area contributed by atoms with Gasteiger partial charge >= 0.3 is 0 Å². The number of nitrogens with two attached hydrogens (primary N) is 2. The number of hydrogen-bond acceptors (Lipinski definition) is 4. The molecule has 0 bridgehead atoms. The van der Waals surface area contributed by atoms with E-state index in [1.165, 1.54) is 0 Å². The number of rotatable bonds is 5. The number of amides is 1. The molecule has 1 heterocycles. The van der Waals surface area contributed by atoms with Crippen molar-refractivity contribution < 1.29 is 4.79 Å². The summed E-state index contributed by atoms with van der Waals surface area (Å²) in [7, 11) is 0. The van der Waals surface area contributed by atoms with Crippen molar-refractivity contribution in [1.82, 2.24) is 9.78 Å². The number of nitrogens with zero attached hydrogens (tertiary/aromatic N) is 2. The summed E-state index contributed by atoms with van der Waals surface area (Å²) < 4.78 is 1.81. The molecule has 2 aromatic rings. The number of nitrogens with one attached hydrogen (secondary N) is 1. The molecule has 0 fully saturated rings. The quantitative estimate of drug-likeness (QED) is 0.674. The maximum atomic E-state index is 11.1. The highest BCUT2D eigenvalue weighted by atomic mass is 16.1. The molecule has 1 amide bonds. The standard InChI is InChI=1S/C12H15N5O/c13-10-3-2-9(12(14)18)8-11(10)15-5-7-17-6-1-4-16-17/h1-4,6,8,15H,5,7,13H2,(H2,14,18). The second kappa shape index (κ2) is 5.22. The maximum absolute atomic E-state index is 11.1. The smallest absolute Gasteiger partial charge is 0.248 e. The van der Waals surface area contributed by atoms with Crippen molar-refractivity contribution >= 4 is 17.3 Å². The number of hydrogen-bond donors (Lipinski definition) is 3. The topological polar surface area (TPSA) is 99.0 Å². The van der Waals surface area contributed by atoms with Crippen LogP contribution in [0.15, 0.2) is 36.7 Å². The van der Waals surface area contributed by atoms with Gasteiger partial charge in [0.25, 0.3) is 0 Å². The van der Waals surface area contributed by atoms with Crippen molar-refractivity contribution in [3.8, 4) is 0 Å². The molecule has 94 valence electrons. The van der Waals surface area contributed by atoms with E-state index in [0.29, 0.717) is 30.0 Å². The third kappa shape index (κ3) is 2.79. The van der Waals surface area contributed by atoms with Crippen LogP contribution in [-0.2, 0) is 6.54 Å². The molecule has 0 aliphatic heterocycles. The van der Waals surface area contributed by atoms with E-state index < -0.39 is 5.91 Å². The molecule has 18 heavy (non-hydrogen) atoms. The molecule has 5 N–H and O–H groups in total. The third-order valence-electron chi connectivity index (χ3n) is 2.55. The average molecular weight is 245 g/mol. The zero-order chi connectivity index (χ0) is 13.0. The summed E-state index contributed by atoms with van der Waals surface area (Å²) >= 11 is 0. The van der Waals surface area contributed by atoms with Crippen molar-refractivity contribution in [3.63, 3.8) is 0 Å². The van der Waals surface area contributed by atoms with Crippen molar-refractivity contribution in [1.29, 1.82) is 0 Å². The SMILES string of the molecule is NC(=O)c1ccc(N)c(NCCn2cccn2)c1. The van der Waals surface area contributed by atoms with E-state index in [2.05, 4.69) is 10.4 Å². The molecule has 1 aromatic carbocycles. The van der Waals surface area contributed by atoms with Crippen LogP contribution in [0.2, 0.25) is 0 Å². The summed E-state index contributed by atoms with van der Waals surface area (Å²) in [6.07, 6.45) is 3.60. The van der Waals surface area contributed by atoms with Gasteiger partial charge in [-0.2, -0.15) is 5.10 Å². The summed E-state index contributed by atoms with van der Waals surface area (Å²) in [6.45, 7) is 1.38. The van der Waals surface area contributed by atoms with Gasteiger partial charge in [-0.05, 0) is 24.3 Å². The molecule has 0 saturated carbocycles. The first-order chi connectivity index (χ1) is 8.66. The second-order valence-electron chi connectivity index (χ2n) is 3.86. The zero-order valence-corrected chi connectivity index (χ0v) is 9.84. The minimum absolute atomic E-state index is 0.436. The Bertz CT molecular complexity index is 535. The normalized spacial score (nSPS) is 10.2. The predicted molar refractivity (Wildman–Crippen MR) is 70.1 cm³/mol. The lowest BCUT2D eigenvalue weighted by Gasteiger charge is -2.10. The molecule has 0 radical (unpaired) electrons. The lowest BCUT2D eigenvalue weighted by molar-refractivity contribution is 0.100. The van der Waals surface area contributed by atoms with Crippen molar-refractivity contribution in [2.45, 2.75) is 6.54 Å². The first kappa shape index (κ1) is 12.0. The third-order valence-corrected chi connectivity index (χ3v) is 2.55. The predicted octanol–water partition coefficient (Wildman–Crippen LogP) is 0.676. The van der Waals surface area contributed by atoms with E-state index in [4.69, 9.17) is 11.5 Å². The molecule has 0 saturated heterocycles. The molecule has 1 aromatic heterocycles. The van der Waals surface area contributed by atoms with Crippen LogP contribution < -0.4 is 16.8 Å². The second-order valence-corrected chi connectivity index (χ2v) is 3.86. The van der Waals surface area contributed by atoms with E-state index >= 15 is 0 Å². The van der Waals surface area contributed by atoms with Crippen molar-refractivity contribution in [2.75, 3.05) is 17.6 Å². The van der Waals surface area contributed by atoms with Gasteiger partial charge in [0.1, 0.15) is 0 Å². The Hall–Kier alpha value is -2.50. The first-order valence-corrected chi connectivity index (χ1v) is 5.57. The highest BCUT2D eigenvalue weighted by molar-refractivity contribution is 5.94. The molecule has 2 rings (SSSR count). The van der Waals surface area contributed by atoms with E-state index in [0.717, 1.165) is 0 Å². The van der Waals surface area contributed by atoms with Gasteiger partial charge in [-0.15, -0.1) is 0 Å². The molecule has 6 heteroatoms. The van der Waals surface area contributed by atoms with Crippen molar-refractivity contribution in [2.24, 2.45) is 5.73 Å². The number of carbonyl (C=O) groups excluding carboxylic acids is 1. The van der Waals surface area contributed by atoms with Crippen LogP contribution in [0, 0.1) is 0 Å². The van der Waals surface area contributed by atoms with Gasteiger partial charge in [0.15, 0.2) is 0 Å². The van der Waals surface area contributed by atoms with Gasteiger partial charge in [0, 0.05) is 24.5 Å². The Morgan fingerprint density at radius 1 is 1.44 bits per heavy atom. The number of carbonyl (C=O) groups is 1. The van der Waals surface area contributed by atoms with Gasteiger partial charge in [0.05, 0.1) is 17.9 Å². The number of nitrogen functional groups attached to an aromatic ring is 1. The summed E-state index contributed by atoms with van der Waals surface area (Å²) in [5.41, 5.74) is 12.8. The number of anilines is 2. The van der Waals surface area contributed by atoms with Gasteiger partial charge in [0.2, 0.25) is 5.91 Å². The van der Waals surface area contributed by atoms with E-state index in [9.17, 15) is 4.79 Å². The van der Waals surface area contributed by atoms with Crippen LogP contribution in [0.4, 0.5) is 11.4 Å². The fourth-order valence-electron chi connectivity index (χ4n) is 1.60. The molecule has 0 unspecified atom stereocenters. The minimum Gasteiger partial charge on any atom is -0.397 e. The van der Waals surface area contributed by atoms with E-state index in [1.54, 1.807) is 29.1 Å². The molecule has 0 aliphatic carbocycles. The fourth-order valence-corrected chi connectivity index (χ4v) is 1.60. The Balaban J connectivity index is 2.00. The van der Waals surface area contributed by atoms with Crippen molar-refractivity contribution in [3.05, 3.63) is 42.2 Å². The van der Waals surface area contributed by atoms with E-state index in [-0.39, 0.29) is 0 Å². The number of primary amides is 1. The number of aromatic nitrogens is 2. The Morgan fingerprint density at radius 3 is 2.94 bits per heavy atom. The van der Waals surface area contributed by atoms with Crippen LogP contribution in [0.1, 0.15) is 10.4 Å². The highest BCUT2D eigenvalue weighted by Crippen LogP contribution is 2.19. The summed E-state index contributed by atoms with van der Waals surface area (Å²) in [5.74, 6) is -0.467. The average Bonchev–Trinajstić information content (AvgIpc) is 2.84. The highest BCUT2D eigenvalue weighted by Gasteiger charge is 2.04. The van der Waals surface area contributed by atoms with Crippen LogP contribution in [0.5, 0.6) is 0 Å². The molecule has 0 aliphatic rings. The van der Waals surface area contributed by atoms with Gasteiger partial charge in [-0.25, -0.2) is 0 Å². The summed E-state index contributed by atoms with van der Waals surface area (Å²) in [5, 5.41) is 7.24. The lowest BCUT2D eigenvalue weighted by Crippen LogP contribution is -2.14. The summed E-state index contributed by atoms with van der Waals surface area (Å²) in [4.78, 5) is 11.1. The number of benzene rings is 1. The van der Waals surface area contributed by atoms with Crippen LogP contribution in [0.3, 0.4) is 0 Å². The van der Waals surface area contributed by atoms with Crippen LogP contribution >= 0.6 is 0 Å². The lowest BCUT2D eigenvalue weighted by atomic mass is 10.1. The molecular formula is C12H15N5O. The minimum atomic E-state index is -0.467. The van der Waals surface area contributed by atoms with Gasteiger partial charge < -0.3 is 16.8 Å². The van der Waals surface area contributed by atoms with Gasteiger partial charge in [-0.1, -0.05) is 0 Å². The molecular weight excluding hydrogens is 230 g/mol. The Labute approximate surface area is 105 Å². The molecule has 6 nitrogen and oxygen atoms in total. The van der Waals surface area contributed by atoms with Crippen LogP contribution in [-0.4, -0.2) is 22.2 Å². The monoisotopic (exact) mass is 245 g/mol. The van der Waals surface area contributed by atoms with Crippen LogP contribution in [0.25, 0.3) is 0 Å². The van der Waals surface area contributed by atoms with Gasteiger partial charge in [-0.3, -0.25) is 9.48 Å². The fraction of sp³-hybridized carbons (Fsp3) is 0.167. The largest absolute Gasteiger partial charge is 0.397 e. The molecule has 0 atom stereocenters.